The maximum absolute atomic E-state index is 12.8. The number of fused-ring (bicyclic) bond motifs is 2. The van der Waals surface area contributed by atoms with Crippen LogP contribution in [0.2, 0.25) is 0 Å². The van der Waals surface area contributed by atoms with Gasteiger partial charge in [-0.05, 0) is 42.0 Å². The molecule has 4 heterocycles. The van der Waals surface area contributed by atoms with E-state index < -0.39 is 12.7 Å². The second kappa shape index (κ2) is 8.18. The highest BCUT2D eigenvalue weighted by Crippen LogP contribution is 2.56. The van der Waals surface area contributed by atoms with Gasteiger partial charge in [0.2, 0.25) is 5.88 Å². The Morgan fingerprint density at radius 3 is 2.69 bits per heavy atom. The topological polar surface area (TPSA) is 92.3 Å². The molecule has 1 aliphatic carbocycles. The molecule has 184 valence electrons. The summed E-state index contributed by atoms with van der Waals surface area (Å²) in [6.07, 6.45) is 3.11. The highest BCUT2D eigenvalue weighted by molar-refractivity contribution is 5.80. The maximum Gasteiger partial charge on any atom is 0.408 e. The van der Waals surface area contributed by atoms with Gasteiger partial charge in [0.1, 0.15) is 6.54 Å². The van der Waals surface area contributed by atoms with Crippen LogP contribution in [-0.2, 0) is 6.54 Å². The summed E-state index contributed by atoms with van der Waals surface area (Å²) < 4.78 is 51.8. The molecule has 1 fully saturated rings. The highest BCUT2D eigenvalue weighted by Gasteiger charge is 2.41. The first kappa shape index (κ1) is 22.3. The molecule has 0 aliphatic heterocycles. The molecule has 0 bridgehead atoms. The number of alkyl halides is 3. The molecular weight excluding hydrogens is 475 g/mol. The van der Waals surface area contributed by atoms with Crippen molar-refractivity contribution in [2.45, 2.75) is 31.0 Å². The molecule has 9 nitrogen and oxygen atoms in total. The van der Waals surface area contributed by atoms with Crippen LogP contribution >= 0.6 is 0 Å². The van der Waals surface area contributed by atoms with Gasteiger partial charge in [-0.1, -0.05) is 6.07 Å². The van der Waals surface area contributed by atoms with Crippen LogP contribution in [0.4, 0.5) is 13.2 Å². The average molecular weight is 495 g/mol. The van der Waals surface area contributed by atoms with Gasteiger partial charge < -0.3 is 9.47 Å². The summed E-state index contributed by atoms with van der Waals surface area (Å²) >= 11 is 0. The third-order valence-electron chi connectivity index (χ3n) is 6.38. The van der Waals surface area contributed by atoms with Crippen molar-refractivity contribution in [1.29, 1.82) is 0 Å². The van der Waals surface area contributed by atoms with Crippen molar-refractivity contribution in [3.8, 4) is 23.1 Å². The van der Waals surface area contributed by atoms with Crippen molar-refractivity contribution in [2.75, 3.05) is 14.2 Å². The Morgan fingerprint density at radius 1 is 1.06 bits per heavy atom. The van der Waals surface area contributed by atoms with E-state index in [1.807, 2.05) is 18.2 Å². The van der Waals surface area contributed by atoms with Gasteiger partial charge in [0.25, 0.3) is 0 Å². The lowest BCUT2D eigenvalue weighted by Gasteiger charge is -2.11. The third-order valence-corrected chi connectivity index (χ3v) is 6.38. The molecule has 0 amide bonds. The van der Waals surface area contributed by atoms with E-state index in [-0.39, 0.29) is 17.8 Å². The number of nitrogens with zero attached hydrogens (tertiary/aromatic N) is 7. The van der Waals surface area contributed by atoms with Crippen LogP contribution in [0.25, 0.3) is 27.8 Å². The van der Waals surface area contributed by atoms with E-state index in [9.17, 15) is 13.2 Å². The Balaban J connectivity index is 1.35. The van der Waals surface area contributed by atoms with Crippen molar-refractivity contribution in [2.24, 2.45) is 0 Å². The molecule has 2 atom stereocenters. The minimum absolute atomic E-state index is 0.171. The molecule has 4 aromatic heterocycles. The predicted molar refractivity (Wildman–Crippen MR) is 123 cm³/mol. The SMILES string of the molecule is COc1ncc(-c2cc([C@H]3C[C@@H]3c3ccc4c(cnn4CC(F)(F)F)c3)c3nccn3n2)c(OC)n1. The molecule has 6 rings (SSSR count). The second-order valence-corrected chi connectivity index (χ2v) is 8.64. The summed E-state index contributed by atoms with van der Waals surface area (Å²) in [5.41, 5.74) is 4.52. The number of ether oxygens (including phenoxy) is 2. The van der Waals surface area contributed by atoms with E-state index in [1.54, 1.807) is 29.2 Å². The van der Waals surface area contributed by atoms with E-state index in [4.69, 9.17) is 9.47 Å². The summed E-state index contributed by atoms with van der Waals surface area (Å²) in [6.45, 7) is -1.11. The third kappa shape index (κ3) is 3.88. The Bertz CT molecular complexity index is 1590. The number of aromatic nitrogens is 7. The molecule has 36 heavy (non-hydrogen) atoms. The molecule has 0 saturated heterocycles. The fraction of sp³-hybridized carbons (Fsp3) is 0.292. The Hall–Kier alpha value is -4.22. The van der Waals surface area contributed by atoms with Crippen molar-refractivity contribution in [1.82, 2.24) is 34.3 Å². The van der Waals surface area contributed by atoms with Gasteiger partial charge in [0.05, 0.1) is 37.2 Å². The van der Waals surface area contributed by atoms with Crippen LogP contribution in [0, 0.1) is 0 Å². The normalized spacial score (nSPS) is 17.6. The molecule has 5 aromatic rings. The zero-order chi connectivity index (χ0) is 25.0. The van der Waals surface area contributed by atoms with Crippen molar-refractivity contribution in [3.63, 3.8) is 0 Å². The number of methoxy groups -OCH3 is 2. The average Bonchev–Trinajstić information content (AvgIpc) is 3.35. The number of rotatable bonds is 6. The van der Waals surface area contributed by atoms with E-state index in [2.05, 4.69) is 25.1 Å². The standard InChI is InChI=1S/C24H20F3N7O2/c1-35-22-18(11-29-23(31-22)36-2)19-9-17(21-28-5-6-33(21)32-19)16-8-15(16)13-3-4-20-14(7-13)10-30-34(20)12-24(25,26)27/h3-7,9-11,15-16H,8,12H2,1-2H3/t15-,16+/m1/s1. The number of hydrogen-bond donors (Lipinski definition) is 0. The molecule has 1 saturated carbocycles. The Kier molecular flexibility index (Phi) is 5.06. The highest BCUT2D eigenvalue weighted by atomic mass is 19.4. The first-order valence-corrected chi connectivity index (χ1v) is 11.2. The summed E-state index contributed by atoms with van der Waals surface area (Å²) in [5.74, 6) is 0.711. The van der Waals surface area contributed by atoms with Crippen LogP contribution in [0.1, 0.15) is 29.4 Å². The first-order valence-electron chi connectivity index (χ1n) is 11.2. The minimum Gasteiger partial charge on any atom is -0.480 e. The van der Waals surface area contributed by atoms with Crippen molar-refractivity contribution in [3.05, 3.63) is 60.2 Å². The summed E-state index contributed by atoms with van der Waals surface area (Å²) in [6, 6.07) is 7.68. The molecule has 12 heteroatoms. The van der Waals surface area contributed by atoms with Gasteiger partial charge in [0.15, 0.2) is 5.65 Å². The zero-order valence-electron chi connectivity index (χ0n) is 19.3. The number of halogens is 3. The fourth-order valence-electron chi connectivity index (χ4n) is 4.67. The second-order valence-electron chi connectivity index (χ2n) is 8.64. The van der Waals surface area contributed by atoms with E-state index in [1.165, 1.54) is 20.4 Å². The van der Waals surface area contributed by atoms with E-state index >= 15 is 0 Å². The van der Waals surface area contributed by atoms with Gasteiger partial charge in [-0.25, -0.2) is 14.5 Å². The zero-order valence-corrected chi connectivity index (χ0v) is 19.3. The molecule has 1 aromatic carbocycles. The predicted octanol–water partition coefficient (Wildman–Crippen LogP) is 4.39. The fourth-order valence-corrected chi connectivity index (χ4v) is 4.67. The molecular formula is C24H20F3N7O2. The molecule has 0 spiro atoms. The van der Waals surface area contributed by atoms with Crippen LogP contribution in [0.5, 0.6) is 11.9 Å². The quantitative estimate of drug-likeness (QED) is 0.345. The monoisotopic (exact) mass is 495 g/mol. The van der Waals surface area contributed by atoms with E-state index in [0.29, 0.717) is 28.0 Å². The van der Waals surface area contributed by atoms with Gasteiger partial charge in [-0.3, -0.25) is 4.68 Å². The lowest BCUT2D eigenvalue weighted by molar-refractivity contribution is -0.141. The van der Waals surface area contributed by atoms with Gasteiger partial charge in [-0.2, -0.15) is 28.4 Å². The van der Waals surface area contributed by atoms with Crippen molar-refractivity contribution < 1.29 is 22.6 Å². The number of imidazole rings is 1. The largest absolute Gasteiger partial charge is 0.480 e. The minimum atomic E-state index is -4.33. The smallest absolute Gasteiger partial charge is 0.408 e. The summed E-state index contributed by atoms with van der Waals surface area (Å²) in [5, 5.41) is 9.27. The van der Waals surface area contributed by atoms with Crippen LogP contribution in [0.3, 0.4) is 0 Å². The Morgan fingerprint density at radius 2 is 1.92 bits per heavy atom. The lowest BCUT2D eigenvalue weighted by atomic mass is 10.0. The molecule has 1 aliphatic rings. The number of benzene rings is 1. The van der Waals surface area contributed by atoms with Crippen molar-refractivity contribution >= 4 is 16.6 Å². The molecule has 0 radical (unpaired) electrons. The van der Waals surface area contributed by atoms with Gasteiger partial charge in [-0.15, -0.1) is 0 Å². The van der Waals surface area contributed by atoms with E-state index in [0.717, 1.165) is 27.9 Å². The first-order chi connectivity index (χ1) is 17.3. The van der Waals surface area contributed by atoms with Crippen LogP contribution < -0.4 is 9.47 Å². The maximum atomic E-state index is 12.8. The lowest BCUT2D eigenvalue weighted by Crippen LogP contribution is -2.18. The summed E-state index contributed by atoms with van der Waals surface area (Å²) in [7, 11) is 3.00. The molecule has 0 unspecified atom stereocenters. The van der Waals surface area contributed by atoms with Crippen LogP contribution in [0.15, 0.2) is 49.1 Å². The van der Waals surface area contributed by atoms with Crippen LogP contribution in [-0.4, -0.2) is 54.7 Å². The summed E-state index contributed by atoms with van der Waals surface area (Å²) in [4.78, 5) is 13.0. The van der Waals surface area contributed by atoms with Gasteiger partial charge in [0, 0.05) is 29.5 Å². The number of hydrogen-bond acceptors (Lipinski definition) is 7. The Labute approximate surface area is 202 Å². The van der Waals surface area contributed by atoms with Gasteiger partial charge >= 0.3 is 12.2 Å². The molecule has 0 N–H and O–H groups in total.